The van der Waals surface area contributed by atoms with Crippen molar-refractivity contribution in [3.63, 3.8) is 0 Å². The molecule has 0 aliphatic carbocycles. The first-order chi connectivity index (χ1) is 12.5. The number of carbonyl (C=O) groups is 2. The van der Waals surface area contributed by atoms with Gasteiger partial charge >= 0.3 is 11.9 Å². The lowest BCUT2D eigenvalue weighted by molar-refractivity contribution is 0.0433. The predicted molar refractivity (Wildman–Crippen MR) is 103 cm³/mol. The molecule has 4 heteroatoms. The molecule has 3 aromatic rings. The van der Waals surface area contributed by atoms with Crippen molar-refractivity contribution < 1.29 is 19.4 Å². The van der Waals surface area contributed by atoms with Gasteiger partial charge in [-0.25, -0.2) is 9.59 Å². The Morgan fingerprint density at radius 2 is 1.38 bits per heavy atom. The van der Waals surface area contributed by atoms with Gasteiger partial charge in [-0.15, -0.1) is 0 Å². The van der Waals surface area contributed by atoms with Gasteiger partial charge < -0.3 is 9.84 Å². The summed E-state index contributed by atoms with van der Waals surface area (Å²) < 4.78 is 5.45. The highest BCUT2D eigenvalue weighted by Gasteiger charge is 2.12. The zero-order valence-corrected chi connectivity index (χ0v) is 15.0. The molecule has 0 aliphatic rings. The molecule has 4 nitrogen and oxygen atoms in total. The van der Waals surface area contributed by atoms with E-state index in [1.54, 1.807) is 24.3 Å². The molecule has 0 bridgehead atoms. The molecule has 1 N–H and O–H groups in total. The summed E-state index contributed by atoms with van der Waals surface area (Å²) in [6, 6.07) is 14.4. The van der Waals surface area contributed by atoms with Crippen molar-refractivity contribution >= 4 is 33.5 Å². The van der Waals surface area contributed by atoms with Crippen molar-refractivity contribution in [3.05, 3.63) is 59.7 Å². The number of rotatable bonds is 6. The van der Waals surface area contributed by atoms with E-state index in [9.17, 15) is 9.59 Å². The first-order valence-corrected chi connectivity index (χ1v) is 8.89. The van der Waals surface area contributed by atoms with E-state index in [2.05, 4.69) is 13.8 Å². The Hall–Kier alpha value is -2.88. The third-order valence-electron chi connectivity index (χ3n) is 4.88. The summed E-state index contributed by atoms with van der Waals surface area (Å²) in [5.74, 6) is -0.852. The number of esters is 1. The van der Waals surface area contributed by atoms with Crippen LogP contribution in [-0.4, -0.2) is 23.7 Å². The molecule has 0 saturated carbocycles. The smallest absolute Gasteiger partial charge is 0.338 e. The second-order valence-electron chi connectivity index (χ2n) is 6.56. The van der Waals surface area contributed by atoms with Gasteiger partial charge in [-0.2, -0.15) is 0 Å². The molecule has 134 valence electrons. The molecule has 0 atom stereocenters. The SMILES string of the molecule is CCC(CC)COC(=O)c1ccc2cc3cc(C(=O)O)ccc3cc2c1. The van der Waals surface area contributed by atoms with Crippen molar-refractivity contribution in [3.8, 4) is 0 Å². The molecule has 0 radical (unpaired) electrons. The third kappa shape index (κ3) is 3.69. The number of aromatic carboxylic acids is 1. The van der Waals surface area contributed by atoms with Crippen molar-refractivity contribution in [2.45, 2.75) is 26.7 Å². The lowest BCUT2D eigenvalue weighted by Gasteiger charge is -2.13. The van der Waals surface area contributed by atoms with E-state index in [4.69, 9.17) is 9.84 Å². The van der Waals surface area contributed by atoms with E-state index in [-0.39, 0.29) is 11.5 Å². The minimum absolute atomic E-state index is 0.262. The van der Waals surface area contributed by atoms with Gasteiger partial charge in [-0.05, 0) is 63.9 Å². The van der Waals surface area contributed by atoms with Gasteiger partial charge in [0.05, 0.1) is 17.7 Å². The highest BCUT2D eigenvalue weighted by atomic mass is 16.5. The second kappa shape index (κ2) is 7.56. The van der Waals surface area contributed by atoms with E-state index in [0.717, 1.165) is 34.4 Å². The van der Waals surface area contributed by atoms with Crippen LogP contribution < -0.4 is 0 Å². The summed E-state index contributed by atoms with van der Waals surface area (Å²) in [7, 11) is 0. The van der Waals surface area contributed by atoms with Crippen LogP contribution in [0.2, 0.25) is 0 Å². The topological polar surface area (TPSA) is 63.6 Å². The molecule has 26 heavy (non-hydrogen) atoms. The number of benzene rings is 3. The van der Waals surface area contributed by atoms with Gasteiger partial charge in [0.1, 0.15) is 0 Å². The minimum Gasteiger partial charge on any atom is -0.478 e. The van der Waals surface area contributed by atoms with Crippen molar-refractivity contribution in [1.82, 2.24) is 0 Å². The zero-order valence-electron chi connectivity index (χ0n) is 15.0. The number of carboxylic acids is 1. The lowest BCUT2D eigenvalue weighted by atomic mass is 10.00. The van der Waals surface area contributed by atoms with Gasteiger partial charge in [0.25, 0.3) is 0 Å². The maximum atomic E-state index is 12.3. The standard InChI is InChI=1S/C22H22O4/c1-3-14(4-2)13-26-22(25)18-8-6-16-9-19-11-17(21(23)24)7-5-15(19)10-20(16)12-18/h5-12,14H,3-4,13H2,1-2H3,(H,23,24). The largest absolute Gasteiger partial charge is 0.478 e. The molecule has 0 amide bonds. The van der Waals surface area contributed by atoms with Crippen molar-refractivity contribution in [1.29, 1.82) is 0 Å². The molecule has 0 spiro atoms. The zero-order chi connectivity index (χ0) is 18.7. The van der Waals surface area contributed by atoms with E-state index in [1.807, 2.05) is 24.3 Å². The van der Waals surface area contributed by atoms with Crippen LogP contribution in [0.3, 0.4) is 0 Å². The molecule has 0 heterocycles. The lowest BCUT2D eigenvalue weighted by Crippen LogP contribution is -2.13. The quantitative estimate of drug-likeness (QED) is 0.485. The summed E-state index contributed by atoms with van der Waals surface area (Å²) in [5, 5.41) is 12.8. The Kier molecular flexibility index (Phi) is 5.21. The Bertz CT molecular complexity index is 970. The van der Waals surface area contributed by atoms with E-state index >= 15 is 0 Å². The Balaban J connectivity index is 1.90. The van der Waals surface area contributed by atoms with Gasteiger partial charge in [0, 0.05) is 0 Å². The van der Waals surface area contributed by atoms with E-state index in [0.29, 0.717) is 18.1 Å². The Morgan fingerprint density at radius 3 is 1.92 bits per heavy atom. The fourth-order valence-corrected chi connectivity index (χ4v) is 3.06. The third-order valence-corrected chi connectivity index (χ3v) is 4.88. The summed E-state index contributed by atoms with van der Waals surface area (Å²) in [5.41, 5.74) is 0.795. The number of hydrogen-bond acceptors (Lipinski definition) is 3. The van der Waals surface area contributed by atoms with Gasteiger partial charge in [-0.3, -0.25) is 0 Å². The van der Waals surface area contributed by atoms with Gasteiger partial charge in [0.15, 0.2) is 0 Å². The normalized spacial score (nSPS) is 11.2. The average molecular weight is 350 g/mol. The minimum atomic E-state index is -0.942. The fourth-order valence-electron chi connectivity index (χ4n) is 3.06. The molecule has 3 rings (SSSR count). The molecule has 0 aromatic heterocycles. The highest BCUT2D eigenvalue weighted by molar-refractivity contribution is 6.03. The first kappa shape index (κ1) is 17.9. The average Bonchev–Trinajstić information content (AvgIpc) is 2.65. The molecular weight excluding hydrogens is 328 g/mol. The summed E-state index contributed by atoms with van der Waals surface area (Å²) in [4.78, 5) is 23.4. The first-order valence-electron chi connectivity index (χ1n) is 8.89. The molecule has 3 aromatic carbocycles. The number of fused-ring (bicyclic) bond motifs is 2. The van der Waals surface area contributed by atoms with Crippen LogP contribution in [0.15, 0.2) is 48.5 Å². The van der Waals surface area contributed by atoms with Crippen LogP contribution in [0.25, 0.3) is 21.5 Å². The molecule has 0 fully saturated rings. The maximum absolute atomic E-state index is 12.3. The number of ether oxygens (including phenoxy) is 1. The Morgan fingerprint density at radius 1 is 0.846 bits per heavy atom. The van der Waals surface area contributed by atoms with E-state index in [1.165, 1.54) is 0 Å². The van der Waals surface area contributed by atoms with Gasteiger partial charge in [0.2, 0.25) is 0 Å². The van der Waals surface area contributed by atoms with Crippen LogP contribution in [0.1, 0.15) is 47.4 Å². The Labute approximate surface area is 152 Å². The molecular formula is C22H22O4. The summed E-state index contributed by atoms with van der Waals surface area (Å²) >= 11 is 0. The fraction of sp³-hybridized carbons (Fsp3) is 0.273. The maximum Gasteiger partial charge on any atom is 0.338 e. The number of carboxylic acid groups (broad SMARTS) is 1. The number of carbonyl (C=O) groups excluding carboxylic acids is 1. The molecule has 0 saturated heterocycles. The van der Waals surface area contributed by atoms with Crippen LogP contribution in [0.4, 0.5) is 0 Å². The second-order valence-corrected chi connectivity index (χ2v) is 6.56. The highest BCUT2D eigenvalue weighted by Crippen LogP contribution is 2.25. The van der Waals surface area contributed by atoms with Crippen LogP contribution in [-0.2, 0) is 4.74 Å². The van der Waals surface area contributed by atoms with Crippen molar-refractivity contribution in [2.75, 3.05) is 6.61 Å². The summed E-state index contributed by atoms with van der Waals surface area (Å²) in [6.07, 6.45) is 1.98. The van der Waals surface area contributed by atoms with Gasteiger partial charge in [-0.1, -0.05) is 38.8 Å². The summed E-state index contributed by atoms with van der Waals surface area (Å²) in [6.45, 7) is 4.64. The van der Waals surface area contributed by atoms with Crippen LogP contribution in [0.5, 0.6) is 0 Å². The number of hydrogen-bond donors (Lipinski definition) is 1. The molecule has 0 unspecified atom stereocenters. The van der Waals surface area contributed by atoms with E-state index < -0.39 is 5.97 Å². The van der Waals surface area contributed by atoms with Crippen LogP contribution in [0, 0.1) is 5.92 Å². The predicted octanol–water partition coefficient (Wildman–Crippen LogP) is 5.28. The monoisotopic (exact) mass is 350 g/mol. The molecule has 0 aliphatic heterocycles. The van der Waals surface area contributed by atoms with Crippen LogP contribution >= 0.6 is 0 Å². The van der Waals surface area contributed by atoms with Crippen molar-refractivity contribution in [2.24, 2.45) is 5.92 Å².